The molecule has 1 N–H and O–H groups in total. The summed E-state index contributed by atoms with van der Waals surface area (Å²) in [5, 5.41) is 14.3. The van der Waals surface area contributed by atoms with Crippen molar-refractivity contribution < 1.29 is 19.0 Å². The van der Waals surface area contributed by atoms with Crippen LogP contribution in [0.1, 0.15) is 29.9 Å². The van der Waals surface area contributed by atoms with Crippen LogP contribution in [-0.4, -0.2) is 32.4 Å². The van der Waals surface area contributed by atoms with Crippen LogP contribution in [-0.2, 0) is 0 Å². The number of aryl methyl sites for hydroxylation is 1. The van der Waals surface area contributed by atoms with Crippen LogP contribution >= 0.6 is 11.6 Å². The second-order valence-electron chi connectivity index (χ2n) is 6.34. The van der Waals surface area contributed by atoms with E-state index in [4.69, 9.17) is 21.4 Å². The fourth-order valence-corrected chi connectivity index (χ4v) is 2.74. The Bertz CT molecular complexity index is 1000. The molecule has 0 aliphatic rings. The summed E-state index contributed by atoms with van der Waals surface area (Å²) < 4.78 is 21.1. The summed E-state index contributed by atoms with van der Waals surface area (Å²) in [4.78, 5) is 15.3. The monoisotopic (exact) mass is 377 g/mol. The molecule has 1 aromatic carbocycles. The third-order valence-corrected chi connectivity index (χ3v) is 4.05. The third kappa shape index (κ3) is 3.35. The minimum atomic E-state index is -1.33. The van der Waals surface area contributed by atoms with Gasteiger partial charge in [-0.3, -0.25) is 0 Å². The van der Waals surface area contributed by atoms with Gasteiger partial charge in [0.15, 0.2) is 0 Å². The highest BCUT2D eigenvalue weighted by atomic mass is 35.5. The normalized spacial score (nSPS) is 11.3. The van der Waals surface area contributed by atoms with Crippen molar-refractivity contribution in [3.05, 3.63) is 46.5 Å². The summed E-state index contributed by atoms with van der Waals surface area (Å²) in [6.45, 7) is 6.23. The molecule has 0 bridgehead atoms. The number of carboxylic acid groups (broad SMARTS) is 1. The van der Waals surface area contributed by atoms with Crippen LogP contribution in [0.5, 0.6) is 5.88 Å². The van der Waals surface area contributed by atoms with Crippen molar-refractivity contribution in [1.82, 2.24) is 14.8 Å². The van der Waals surface area contributed by atoms with Crippen LogP contribution in [0.2, 0.25) is 5.02 Å². The number of pyridine rings is 1. The quantitative estimate of drug-likeness (QED) is 0.719. The zero-order valence-corrected chi connectivity index (χ0v) is 15.2. The number of carboxylic acids is 1. The Labute approximate surface area is 154 Å². The van der Waals surface area contributed by atoms with Gasteiger partial charge >= 0.3 is 5.97 Å². The number of hydrogen-bond acceptors (Lipinski definition) is 4. The molecule has 136 valence electrons. The van der Waals surface area contributed by atoms with E-state index in [1.807, 2.05) is 13.8 Å². The second-order valence-corrected chi connectivity index (χ2v) is 6.74. The molecular weight excluding hydrogens is 361 g/mol. The van der Waals surface area contributed by atoms with Crippen molar-refractivity contribution in [3.63, 3.8) is 0 Å². The Morgan fingerprint density at radius 1 is 1.38 bits per heavy atom. The molecule has 8 heteroatoms. The molecule has 0 aliphatic heterocycles. The fraction of sp³-hybridized carbons (Fsp3) is 0.278. The molecule has 0 amide bonds. The van der Waals surface area contributed by atoms with Gasteiger partial charge in [0.05, 0.1) is 35.3 Å². The van der Waals surface area contributed by atoms with Gasteiger partial charge in [-0.2, -0.15) is 5.10 Å². The Hall–Kier alpha value is -2.67. The van der Waals surface area contributed by atoms with Gasteiger partial charge in [-0.05, 0) is 25.0 Å². The molecule has 2 aromatic heterocycles. The first-order chi connectivity index (χ1) is 12.3. The molecular formula is C18H17ClFN3O3. The van der Waals surface area contributed by atoms with Gasteiger partial charge in [0.25, 0.3) is 0 Å². The van der Waals surface area contributed by atoms with Crippen molar-refractivity contribution >= 4 is 28.5 Å². The molecule has 3 rings (SSSR count). The van der Waals surface area contributed by atoms with E-state index in [2.05, 4.69) is 10.1 Å². The van der Waals surface area contributed by atoms with Crippen molar-refractivity contribution in [3.8, 4) is 11.6 Å². The average molecular weight is 378 g/mol. The van der Waals surface area contributed by atoms with E-state index in [1.165, 1.54) is 16.9 Å². The van der Waals surface area contributed by atoms with Crippen LogP contribution in [0.15, 0.2) is 24.4 Å². The SMILES string of the molecule is Cc1nn(-c2cnc(OCC(C)C)c(Cl)c2)c2cc(F)c(C(=O)O)cc12. The van der Waals surface area contributed by atoms with Crippen molar-refractivity contribution in [2.45, 2.75) is 20.8 Å². The summed E-state index contributed by atoms with van der Waals surface area (Å²) in [5.41, 5.74) is 1.12. The Morgan fingerprint density at radius 2 is 2.12 bits per heavy atom. The van der Waals surface area contributed by atoms with Gasteiger partial charge in [-0.25, -0.2) is 18.9 Å². The summed E-state index contributed by atoms with van der Waals surface area (Å²) in [7, 11) is 0. The fourth-order valence-electron chi connectivity index (χ4n) is 2.53. The highest BCUT2D eigenvalue weighted by Gasteiger charge is 2.18. The van der Waals surface area contributed by atoms with Crippen molar-refractivity contribution in [2.75, 3.05) is 6.61 Å². The number of nitrogens with zero attached hydrogens (tertiary/aromatic N) is 3. The van der Waals surface area contributed by atoms with Gasteiger partial charge in [-0.1, -0.05) is 25.4 Å². The molecule has 0 aliphatic carbocycles. The Balaban J connectivity index is 2.07. The summed E-state index contributed by atoms with van der Waals surface area (Å²) in [6, 6.07) is 4.05. The van der Waals surface area contributed by atoms with E-state index < -0.39 is 17.3 Å². The molecule has 26 heavy (non-hydrogen) atoms. The number of benzene rings is 1. The van der Waals surface area contributed by atoms with Gasteiger partial charge in [0.1, 0.15) is 10.8 Å². The third-order valence-electron chi connectivity index (χ3n) is 3.77. The lowest BCUT2D eigenvalue weighted by molar-refractivity contribution is 0.0692. The van der Waals surface area contributed by atoms with Crippen LogP contribution in [0.3, 0.4) is 0 Å². The highest BCUT2D eigenvalue weighted by molar-refractivity contribution is 6.32. The Kier molecular flexibility index (Phi) is 4.82. The lowest BCUT2D eigenvalue weighted by Gasteiger charge is -2.10. The number of rotatable bonds is 5. The summed E-state index contributed by atoms with van der Waals surface area (Å²) >= 11 is 6.24. The zero-order valence-electron chi connectivity index (χ0n) is 14.5. The molecule has 0 atom stereocenters. The highest BCUT2D eigenvalue weighted by Crippen LogP contribution is 2.28. The van der Waals surface area contributed by atoms with Crippen LogP contribution < -0.4 is 4.74 Å². The molecule has 6 nitrogen and oxygen atoms in total. The number of carbonyl (C=O) groups is 1. The number of halogens is 2. The van der Waals surface area contributed by atoms with Crippen LogP contribution in [0, 0.1) is 18.7 Å². The van der Waals surface area contributed by atoms with E-state index in [-0.39, 0.29) is 0 Å². The lowest BCUT2D eigenvalue weighted by atomic mass is 10.1. The smallest absolute Gasteiger partial charge is 0.338 e. The first-order valence-electron chi connectivity index (χ1n) is 7.98. The minimum Gasteiger partial charge on any atom is -0.478 e. The largest absolute Gasteiger partial charge is 0.478 e. The predicted molar refractivity (Wildman–Crippen MR) is 95.9 cm³/mol. The number of fused-ring (bicyclic) bond motifs is 1. The molecule has 0 unspecified atom stereocenters. The summed E-state index contributed by atoms with van der Waals surface area (Å²) in [5.74, 6) is -1.51. The molecule has 0 saturated carbocycles. The average Bonchev–Trinajstić information content (AvgIpc) is 2.88. The van der Waals surface area contributed by atoms with Gasteiger partial charge < -0.3 is 9.84 Å². The first kappa shape index (κ1) is 18.1. The molecule has 0 saturated heterocycles. The van der Waals surface area contributed by atoms with E-state index in [1.54, 1.807) is 13.0 Å². The van der Waals surface area contributed by atoms with E-state index in [0.29, 0.717) is 45.7 Å². The second kappa shape index (κ2) is 6.92. The Morgan fingerprint density at radius 3 is 2.73 bits per heavy atom. The van der Waals surface area contributed by atoms with Crippen LogP contribution in [0.4, 0.5) is 4.39 Å². The van der Waals surface area contributed by atoms with Crippen LogP contribution in [0.25, 0.3) is 16.6 Å². The molecule has 0 radical (unpaired) electrons. The van der Waals surface area contributed by atoms with Gasteiger partial charge in [0.2, 0.25) is 5.88 Å². The molecule has 0 spiro atoms. The first-order valence-corrected chi connectivity index (χ1v) is 8.36. The topological polar surface area (TPSA) is 77.2 Å². The standard InChI is InChI=1S/C18H17ClFN3O3/c1-9(2)8-26-17-14(19)4-11(7-21-17)23-16-6-15(20)13(18(24)25)5-12(16)10(3)22-23/h4-7,9H,8H2,1-3H3,(H,24,25). The molecule has 0 fully saturated rings. The maximum Gasteiger partial charge on any atom is 0.338 e. The number of ether oxygens (including phenoxy) is 1. The molecule has 2 heterocycles. The van der Waals surface area contributed by atoms with Crippen molar-refractivity contribution in [2.24, 2.45) is 5.92 Å². The number of aromatic carboxylic acids is 1. The van der Waals surface area contributed by atoms with Crippen molar-refractivity contribution in [1.29, 1.82) is 0 Å². The predicted octanol–water partition coefficient (Wildman–Crippen LogP) is 4.25. The lowest BCUT2D eigenvalue weighted by Crippen LogP contribution is -2.07. The number of aromatic nitrogens is 3. The van der Waals surface area contributed by atoms with E-state index in [9.17, 15) is 9.18 Å². The minimum absolute atomic E-state index is 0.312. The maximum absolute atomic E-state index is 14.1. The van der Waals surface area contributed by atoms with E-state index in [0.717, 1.165) is 6.07 Å². The maximum atomic E-state index is 14.1. The van der Waals surface area contributed by atoms with Gasteiger partial charge in [0, 0.05) is 11.5 Å². The molecule has 3 aromatic rings. The summed E-state index contributed by atoms with van der Waals surface area (Å²) in [6.07, 6.45) is 1.52. The van der Waals surface area contributed by atoms with E-state index >= 15 is 0 Å². The van der Waals surface area contributed by atoms with Gasteiger partial charge in [-0.15, -0.1) is 0 Å². The number of hydrogen-bond donors (Lipinski definition) is 1. The zero-order chi connectivity index (χ0) is 19.0.